The van der Waals surface area contributed by atoms with Gasteiger partial charge in [-0.3, -0.25) is 0 Å². The zero-order valence-corrected chi connectivity index (χ0v) is 38.6. The van der Waals surface area contributed by atoms with Gasteiger partial charge in [-0.1, -0.05) is 53.7 Å². The van der Waals surface area contributed by atoms with Crippen LogP contribution in [-0.4, -0.2) is 146 Å². The van der Waals surface area contributed by atoms with Crippen LogP contribution >= 0.6 is 0 Å². The Bertz CT molecular complexity index is 1630. The van der Waals surface area contributed by atoms with Crippen LogP contribution in [0.5, 0.6) is 0 Å². The summed E-state index contributed by atoms with van der Waals surface area (Å²) in [5.41, 5.74) is 1.86. The minimum absolute atomic E-state index is 0.0488. The number of fused-ring (bicyclic) bond motifs is 7. The standard InChI is InChI=1S/C48H80O14/c1-22(2)25-13-16-45(7)19-20-47(9)26(31(25)45)11-12-29-46(8)17-15-30(44(5,6)28(46)14-18-48(29,47)10)60-43-40(62-42-37(55)35(53)33(51)24(4)58-42)38(56)39(27(21-49)59-43)61-41-36(54)34(52)32(50)23(3)57-41/h23-43,49-56H,1,11-21H2,2-10H3/t23-,24-,25-,26+,27+,28-,29+,30-,31+,32-,33-,34+,35+,36+,37+,38-,39+,40+,41-,42-,43-,45+,46-,47+,48+/m0/s1. The second-order valence-electron chi connectivity index (χ2n) is 23.1. The summed E-state index contributed by atoms with van der Waals surface area (Å²) in [7, 11) is 0. The average molecular weight is 881 g/mol. The number of aliphatic hydroxyl groups is 8. The van der Waals surface area contributed by atoms with Gasteiger partial charge in [-0.2, -0.15) is 0 Å². The van der Waals surface area contributed by atoms with E-state index in [4.69, 9.17) is 28.4 Å². The maximum atomic E-state index is 12.2. The van der Waals surface area contributed by atoms with Crippen LogP contribution in [0.2, 0.25) is 0 Å². The number of aliphatic hydroxyl groups excluding tert-OH is 8. The Labute approximate surface area is 368 Å². The van der Waals surface area contributed by atoms with Crippen LogP contribution < -0.4 is 0 Å². The van der Waals surface area contributed by atoms with Gasteiger partial charge in [-0.05, 0) is 142 Å². The number of allylic oxidation sites excluding steroid dienone is 1. The molecule has 356 valence electrons. The molecule has 14 heteroatoms. The summed E-state index contributed by atoms with van der Waals surface area (Å²) >= 11 is 0. The topological polar surface area (TPSA) is 217 Å². The van der Waals surface area contributed by atoms with Crippen molar-refractivity contribution in [1.82, 2.24) is 0 Å². The summed E-state index contributed by atoms with van der Waals surface area (Å²) in [4.78, 5) is 0. The molecule has 8 rings (SSSR count). The molecule has 0 aromatic heterocycles. The van der Waals surface area contributed by atoms with Crippen molar-refractivity contribution in [3.8, 4) is 0 Å². The average Bonchev–Trinajstić information content (AvgIpc) is 3.58. The lowest BCUT2D eigenvalue weighted by molar-refractivity contribution is -0.393. The normalized spacial score (nSPS) is 57.5. The molecular weight excluding hydrogens is 801 g/mol. The fraction of sp³-hybridized carbons (Fsp3) is 0.958. The molecular formula is C48H80O14. The molecule has 3 saturated heterocycles. The lowest BCUT2D eigenvalue weighted by Gasteiger charge is -2.73. The van der Waals surface area contributed by atoms with Crippen LogP contribution in [0.3, 0.4) is 0 Å². The van der Waals surface area contributed by atoms with E-state index < -0.39 is 98.7 Å². The van der Waals surface area contributed by atoms with Crippen molar-refractivity contribution in [2.75, 3.05) is 6.61 Å². The molecule has 3 aliphatic heterocycles. The summed E-state index contributed by atoms with van der Waals surface area (Å²) in [5.74, 6) is 2.83. The van der Waals surface area contributed by atoms with Gasteiger partial charge in [0.1, 0.15) is 61.0 Å². The Morgan fingerprint density at radius 2 is 1.18 bits per heavy atom. The number of ether oxygens (including phenoxy) is 6. The van der Waals surface area contributed by atoms with E-state index in [-0.39, 0.29) is 27.8 Å². The van der Waals surface area contributed by atoms with Crippen LogP contribution in [0.25, 0.3) is 0 Å². The summed E-state index contributed by atoms with van der Waals surface area (Å²) in [6.07, 6.45) is -10.3. The second kappa shape index (κ2) is 16.7. The molecule has 14 nitrogen and oxygen atoms in total. The molecule has 0 radical (unpaired) electrons. The SMILES string of the molecule is C=C(C)[C@@H]1CC[C@]2(C)CC[C@]3(C)[C@H](CC[C@@H]4[C@@]5(C)CC[C@H](O[C@@H]6O[C@H](CO)[C@@H](O[C@@H]7O[C@@H](C)[C@H](O)[C@@H](O)[C@H]7O)[C@H](O)[C@H]6O[C@@H]6O[C@@H](C)[C@H](O)[C@@H](O)[C@H]6O)C(C)(C)[C@@H]5CC[C@]43C)[C@@H]12. The predicted molar refractivity (Wildman–Crippen MR) is 226 cm³/mol. The summed E-state index contributed by atoms with van der Waals surface area (Å²) in [5, 5.41) is 86.6. The first-order valence-corrected chi connectivity index (χ1v) is 23.9. The third-order valence-corrected chi connectivity index (χ3v) is 19.7. The van der Waals surface area contributed by atoms with E-state index in [1.54, 1.807) is 0 Å². The van der Waals surface area contributed by atoms with Crippen LogP contribution in [-0.2, 0) is 28.4 Å². The van der Waals surface area contributed by atoms with E-state index >= 15 is 0 Å². The summed E-state index contributed by atoms with van der Waals surface area (Å²) in [6, 6.07) is 0. The van der Waals surface area contributed by atoms with E-state index in [0.29, 0.717) is 41.4 Å². The second-order valence-corrected chi connectivity index (χ2v) is 23.1. The predicted octanol–water partition coefficient (Wildman–Crippen LogP) is 3.55. The van der Waals surface area contributed by atoms with Crippen molar-refractivity contribution in [3.05, 3.63) is 12.2 Å². The first-order valence-electron chi connectivity index (χ1n) is 23.9. The van der Waals surface area contributed by atoms with Crippen molar-refractivity contribution in [2.24, 2.45) is 56.7 Å². The van der Waals surface area contributed by atoms with E-state index in [1.165, 1.54) is 57.9 Å². The Morgan fingerprint density at radius 3 is 1.76 bits per heavy atom. The largest absolute Gasteiger partial charge is 0.394 e. The Kier molecular flexibility index (Phi) is 12.9. The van der Waals surface area contributed by atoms with Crippen LogP contribution in [0, 0.1) is 56.7 Å². The minimum atomic E-state index is -1.71. The maximum absolute atomic E-state index is 12.2. The van der Waals surface area contributed by atoms with E-state index in [0.717, 1.165) is 19.3 Å². The van der Waals surface area contributed by atoms with Crippen molar-refractivity contribution in [3.63, 3.8) is 0 Å². The van der Waals surface area contributed by atoms with Crippen LogP contribution in [0.1, 0.15) is 127 Å². The van der Waals surface area contributed by atoms with Crippen LogP contribution in [0.15, 0.2) is 12.2 Å². The van der Waals surface area contributed by atoms with Gasteiger partial charge in [0.25, 0.3) is 0 Å². The Balaban J connectivity index is 1.05. The van der Waals surface area contributed by atoms with Crippen molar-refractivity contribution >= 4 is 0 Å². The monoisotopic (exact) mass is 881 g/mol. The van der Waals surface area contributed by atoms with Gasteiger partial charge in [-0.15, -0.1) is 0 Å². The van der Waals surface area contributed by atoms with E-state index in [2.05, 4.69) is 55.0 Å². The Hall–Kier alpha value is -0.820. The quantitative estimate of drug-likeness (QED) is 0.129. The molecule has 8 fully saturated rings. The number of hydrogen-bond acceptors (Lipinski definition) is 14. The van der Waals surface area contributed by atoms with E-state index in [9.17, 15) is 40.9 Å². The molecule has 8 N–H and O–H groups in total. The molecule has 25 atom stereocenters. The van der Waals surface area contributed by atoms with Gasteiger partial charge in [0.15, 0.2) is 18.9 Å². The first-order chi connectivity index (χ1) is 28.9. The highest BCUT2D eigenvalue weighted by Gasteiger charge is 2.71. The maximum Gasteiger partial charge on any atom is 0.187 e. The molecule has 8 aliphatic rings. The van der Waals surface area contributed by atoms with Crippen LogP contribution in [0.4, 0.5) is 0 Å². The molecule has 0 amide bonds. The fourth-order valence-corrected chi connectivity index (χ4v) is 15.9. The highest BCUT2D eigenvalue weighted by atomic mass is 16.8. The minimum Gasteiger partial charge on any atom is -0.394 e. The smallest absolute Gasteiger partial charge is 0.187 e. The van der Waals surface area contributed by atoms with Gasteiger partial charge in [0, 0.05) is 0 Å². The number of rotatable bonds is 8. The molecule has 0 aromatic rings. The summed E-state index contributed by atoms with van der Waals surface area (Å²) in [6.45, 7) is 24.1. The Morgan fingerprint density at radius 1 is 0.581 bits per heavy atom. The zero-order valence-electron chi connectivity index (χ0n) is 38.6. The molecule has 0 aromatic carbocycles. The molecule has 0 unspecified atom stereocenters. The first kappa shape index (κ1) is 47.7. The lowest BCUT2D eigenvalue weighted by Crippen LogP contribution is -2.68. The van der Waals surface area contributed by atoms with Gasteiger partial charge in [-0.25, -0.2) is 0 Å². The zero-order chi connectivity index (χ0) is 45.2. The summed E-state index contributed by atoms with van der Waals surface area (Å²) < 4.78 is 37.3. The van der Waals surface area contributed by atoms with Gasteiger partial charge < -0.3 is 69.3 Å². The van der Waals surface area contributed by atoms with E-state index in [1.807, 2.05) is 0 Å². The highest BCUT2D eigenvalue weighted by Crippen LogP contribution is 2.77. The fourth-order valence-electron chi connectivity index (χ4n) is 15.9. The third kappa shape index (κ3) is 7.25. The molecule has 62 heavy (non-hydrogen) atoms. The molecule has 0 bridgehead atoms. The molecule has 3 heterocycles. The van der Waals surface area contributed by atoms with Crippen molar-refractivity contribution < 1.29 is 69.3 Å². The number of hydrogen-bond donors (Lipinski definition) is 8. The molecule has 0 spiro atoms. The highest BCUT2D eigenvalue weighted by molar-refractivity contribution is 5.21. The van der Waals surface area contributed by atoms with Crippen molar-refractivity contribution in [1.29, 1.82) is 0 Å². The molecule has 5 saturated carbocycles. The van der Waals surface area contributed by atoms with Gasteiger partial charge in [0.05, 0.1) is 24.9 Å². The van der Waals surface area contributed by atoms with Gasteiger partial charge in [0.2, 0.25) is 0 Å². The third-order valence-electron chi connectivity index (χ3n) is 19.7. The van der Waals surface area contributed by atoms with Gasteiger partial charge >= 0.3 is 0 Å². The van der Waals surface area contributed by atoms with Crippen molar-refractivity contribution in [2.45, 2.75) is 225 Å². The molecule has 5 aliphatic carbocycles. The lowest BCUT2D eigenvalue weighted by atomic mass is 9.32.